The molecule has 1 heterocycles. The molecule has 0 atom stereocenters. The van der Waals surface area contributed by atoms with E-state index < -0.39 is 5.84 Å². The van der Waals surface area contributed by atoms with Gasteiger partial charge in [-0.05, 0) is 19.8 Å². The summed E-state index contributed by atoms with van der Waals surface area (Å²) in [6.07, 6.45) is 2.48. The summed E-state index contributed by atoms with van der Waals surface area (Å²) in [5.41, 5.74) is 1.63. The van der Waals surface area contributed by atoms with Crippen molar-refractivity contribution in [1.82, 2.24) is 20.2 Å². The van der Waals surface area contributed by atoms with Crippen molar-refractivity contribution in [2.24, 2.45) is 16.2 Å². The van der Waals surface area contributed by atoms with E-state index >= 15 is 0 Å². The number of amidine groups is 1. The van der Waals surface area contributed by atoms with Crippen molar-refractivity contribution < 1.29 is 14.9 Å². The van der Waals surface area contributed by atoms with Gasteiger partial charge in [-0.25, -0.2) is 4.98 Å². The molecule has 0 amide bonds. The maximum atomic E-state index is 8.99. The molecule has 0 aliphatic heterocycles. The van der Waals surface area contributed by atoms with E-state index in [0.717, 1.165) is 0 Å². The lowest BCUT2D eigenvalue weighted by Crippen LogP contribution is -2.37. The first-order valence-corrected chi connectivity index (χ1v) is 6.73. The fraction of sp³-hybridized carbons (Fsp3) is 0.583. The van der Waals surface area contributed by atoms with Crippen molar-refractivity contribution in [2.45, 2.75) is 33.8 Å². The molecular weight excluding hydrogens is 290 g/mol. The molecular formula is C12H21N7O3. The average molecular weight is 311 g/mol. The van der Waals surface area contributed by atoms with Crippen LogP contribution in [0, 0.1) is 11.3 Å². The van der Waals surface area contributed by atoms with Crippen LogP contribution in [0.3, 0.4) is 0 Å². The Morgan fingerprint density at radius 1 is 1.36 bits per heavy atom. The van der Waals surface area contributed by atoms with Gasteiger partial charge in [0.2, 0.25) is 5.84 Å². The molecule has 0 aliphatic rings. The zero-order valence-corrected chi connectivity index (χ0v) is 13.0. The number of nitrogens with one attached hydrogen (secondary N) is 2. The molecule has 3 N–H and O–H groups in total. The van der Waals surface area contributed by atoms with E-state index in [9.17, 15) is 0 Å². The molecule has 0 spiro atoms. The second kappa shape index (κ2) is 8.72. The summed E-state index contributed by atoms with van der Waals surface area (Å²) in [5.74, 6) is -0.105. The van der Waals surface area contributed by atoms with Crippen molar-refractivity contribution in [3.8, 4) is 0 Å². The zero-order valence-electron chi connectivity index (χ0n) is 13.0. The van der Waals surface area contributed by atoms with Crippen LogP contribution in [0.25, 0.3) is 0 Å². The van der Waals surface area contributed by atoms with E-state index in [2.05, 4.69) is 20.4 Å². The number of oxime groups is 2. The molecule has 0 aliphatic carbocycles. The zero-order chi connectivity index (χ0) is 16.5. The standard InChI is InChI=1S/C12H21N7O3/c1-8(2)5-21-17-10(11(13)16-20)12(18-22-9(3)4)19-7-14-6-15-19/h6-9,20H,5H2,1-4H3,(H2,13,16). The second-order valence-corrected chi connectivity index (χ2v) is 5.03. The van der Waals surface area contributed by atoms with Gasteiger partial charge in [0.25, 0.3) is 0 Å². The lowest BCUT2D eigenvalue weighted by atomic mass is 10.2. The minimum absolute atomic E-state index is 0.0570. The molecule has 0 aromatic carbocycles. The van der Waals surface area contributed by atoms with Crippen LogP contribution in [0.1, 0.15) is 27.7 Å². The highest BCUT2D eigenvalue weighted by atomic mass is 16.6. The van der Waals surface area contributed by atoms with Gasteiger partial charge in [0.15, 0.2) is 11.5 Å². The molecule has 10 heteroatoms. The minimum Gasteiger partial charge on any atom is -0.395 e. The lowest BCUT2D eigenvalue weighted by molar-refractivity contribution is 0.0852. The van der Waals surface area contributed by atoms with Gasteiger partial charge in [-0.2, -0.15) is 9.78 Å². The van der Waals surface area contributed by atoms with Crippen LogP contribution < -0.4 is 5.48 Å². The van der Waals surface area contributed by atoms with Gasteiger partial charge >= 0.3 is 0 Å². The Labute approximate surface area is 128 Å². The third kappa shape index (κ3) is 5.48. The molecule has 1 aromatic heterocycles. The molecule has 1 rings (SSSR count). The van der Waals surface area contributed by atoms with E-state index in [1.54, 1.807) is 19.3 Å². The molecule has 1 aromatic rings. The lowest BCUT2D eigenvalue weighted by Gasteiger charge is -2.11. The van der Waals surface area contributed by atoms with Crippen LogP contribution >= 0.6 is 0 Å². The number of hydroxylamine groups is 1. The molecule has 0 unspecified atom stereocenters. The summed E-state index contributed by atoms with van der Waals surface area (Å²) in [4.78, 5) is 14.2. The second-order valence-electron chi connectivity index (χ2n) is 5.03. The maximum Gasteiger partial charge on any atom is 0.227 e. The average Bonchev–Trinajstić information content (AvgIpc) is 2.98. The highest BCUT2D eigenvalue weighted by Gasteiger charge is 2.20. The molecule has 0 saturated heterocycles. The molecule has 0 fully saturated rings. The Hall–Kier alpha value is -2.49. The Bertz CT molecular complexity index is 523. The van der Waals surface area contributed by atoms with Gasteiger partial charge < -0.3 is 9.68 Å². The maximum absolute atomic E-state index is 8.99. The topological polar surface area (TPSA) is 130 Å². The van der Waals surface area contributed by atoms with Crippen LogP contribution in [0.2, 0.25) is 0 Å². The molecule has 0 saturated carbocycles. The van der Waals surface area contributed by atoms with Gasteiger partial charge in [0.1, 0.15) is 25.4 Å². The SMILES string of the molecule is CC(C)CON=C(C(=N)NO)C(=NOC(C)C)n1cncn1. The van der Waals surface area contributed by atoms with E-state index in [1.165, 1.54) is 17.3 Å². The van der Waals surface area contributed by atoms with Crippen molar-refractivity contribution in [2.75, 3.05) is 6.61 Å². The van der Waals surface area contributed by atoms with Gasteiger partial charge in [-0.1, -0.05) is 24.2 Å². The summed E-state index contributed by atoms with van der Waals surface area (Å²) < 4.78 is 1.26. The monoisotopic (exact) mass is 311 g/mol. The van der Waals surface area contributed by atoms with Crippen molar-refractivity contribution >= 4 is 17.4 Å². The van der Waals surface area contributed by atoms with Gasteiger partial charge in [-0.15, -0.1) is 0 Å². The van der Waals surface area contributed by atoms with Crippen LogP contribution in [-0.2, 0) is 9.68 Å². The molecule has 122 valence electrons. The number of aromatic nitrogens is 3. The molecule has 0 bridgehead atoms. The predicted molar refractivity (Wildman–Crippen MR) is 79.9 cm³/mol. The first-order chi connectivity index (χ1) is 10.5. The quantitative estimate of drug-likeness (QED) is 0.389. The predicted octanol–water partition coefficient (Wildman–Crippen LogP) is 0.849. The summed E-state index contributed by atoms with van der Waals surface area (Å²) in [6, 6.07) is 0. The smallest absolute Gasteiger partial charge is 0.227 e. The Kier molecular flexibility index (Phi) is 6.96. The van der Waals surface area contributed by atoms with E-state index in [1.807, 2.05) is 13.8 Å². The number of rotatable bonds is 7. The fourth-order valence-electron chi connectivity index (χ4n) is 1.17. The van der Waals surface area contributed by atoms with Crippen molar-refractivity contribution in [3.63, 3.8) is 0 Å². The van der Waals surface area contributed by atoms with Crippen molar-refractivity contribution in [1.29, 1.82) is 5.41 Å². The number of hydrogen-bond donors (Lipinski definition) is 3. The van der Waals surface area contributed by atoms with Crippen molar-refractivity contribution in [3.05, 3.63) is 12.7 Å². The van der Waals surface area contributed by atoms with Crippen LogP contribution in [0.4, 0.5) is 0 Å². The van der Waals surface area contributed by atoms with Gasteiger partial charge in [-0.3, -0.25) is 16.1 Å². The number of nitrogens with zero attached hydrogens (tertiary/aromatic N) is 5. The largest absolute Gasteiger partial charge is 0.395 e. The minimum atomic E-state index is -0.412. The Balaban J connectivity index is 3.13. The van der Waals surface area contributed by atoms with E-state index in [0.29, 0.717) is 6.61 Å². The summed E-state index contributed by atoms with van der Waals surface area (Å²) in [6.45, 7) is 7.85. The third-order valence-electron chi connectivity index (χ3n) is 2.11. The third-order valence-corrected chi connectivity index (χ3v) is 2.11. The van der Waals surface area contributed by atoms with Crippen LogP contribution in [0.5, 0.6) is 0 Å². The molecule has 10 nitrogen and oxygen atoms in total. The molecule has 0 radical (unpaired) electrons. The van der Waals surface area contributed by atoms with Gasteiger partial charge in [0.05, 0.1) is 0 Å². The van der Waals surface area contributed by atoms with Gasteiger partial charge in [0, 0.05) is 0 Å². The van der Waals surface area contributed by atoms with Crippen LogP contribution in [0.15, 0.2) is 23.0 Å². The first-order valence-electron chi connectivity index (χ1n) is 6.73. The number of hydrogen-bond acceptors (Lipinski definition) is 8. The first kappa shape index (κ1) is 17.6. The highest BCUT2D eigenvalue weighted by molar-refractivity contribution is 6.67. The Morgan fingerprint density at radius 2 is 2.09 bits per heavy atom. The van der Waals surface area contributed by atoms with Crippen LogP contribution in [-0.4, -0.2) is 50.1 Å². The van der Waals surface area contributed by atoms with E-state index in [4.69, 9.17) is 20.3 Å². The Morgan fingerprint density at radius 3 is 2.59 bits per heavy atom. The normalized spacial score (nSPS) is 12.7. The summed E-state index contributed by atoms with van der Waals surface area (Å²) in [5, 5.41) is 28.4. The highest BCUT2D eigenvalue weighted by Crippen LogP contribution is 1.99. The molecule has 22 heavy (non-hydrogen) atoms. The summed E-state index contributed by atoms with van der Waals surface area (Å²) in [7, 11) is 0. The fourth-order valence-corrected chi connectivity index (χ4v) is 1.17. The van der Waals surface area contributed by atoms with E-state index in [-0.39, 0.29) is 23.6 Å². The summed E-state index contributed by atoms with van der Waals surface area (Å²) >= 11 is 0.